The molecule has 16 nitrogen and oxygen atoms in total. The summed E-state index contributed by atoms with van der Waals surface area (Å²) in [4.78, 5) is 45.6. The summed E-state index contributed by atoms with van der Waals surface area (Å²) in [6, 6.07) is 22.8. The Labute approximate surface area is 416 Å². The van der Waals surface area contributed by atoms with E-state index >= 15 is 0 Å². The molecule has 19 heteroatoms. The highest BCUT2D eigenvalue weighted by molar-refractivity contribution is 7.98. The van der Waals surface area contributed by atoms with Crippen LogP contribution < -0.4 is 33.9 Å². The smallest absolute Gasteiger partial charge is 0.274 e. The van der Waals surface area contributed by atoms with Crippen LogP contribution in [-0.2, 0) is 17.1 Å². The van der Waals surface area contributed by atoms with E-state index in [1.165, 1.54) is 20.8 Å². The van der Waals surface area contributed by atoms with Crippen LogP contribution in [-0.4, -0.2) is 108 Å². The molecule has 0 spiro atoms. The highest BCUT2D eigenvalue weighted by Crippen LogP contribution is 2.60. The van der Waals surface area contributed by atoms with Gasteiger partial charge in [-0.05, 0) is 73.3 Å². The third-order valence-electron chi connectivity index (χ3n) is 14.4. The van der Waals surface area contributed by atoms with Gasteiger partial charge in [0.05, 0.1) is 27.1 Å². The third kappa shape index (κ3) is 8.71. The number of hydrogen-bond donors (Lipinski definition) is 2. The predicted octanol–water partition coefficient (Wildman–Crippen LogP) is 7.84. The zero-order valence-corrected chi connectivity index (χ0v) is 42.2. The molecule has 5 heterocycles. The lowest BCUT2D eigenvalue weighted by Gasteiger charge is -2.62. The summed E-state index contributed by atoms with van der Waals surface area (Å²) < 4.78 is 45.5. The van der Waals surface area contributed by atoms with Crippen molar-refractivity contribution in [2.45, 2.75) is 63.2 Å². The molecule has 2 saturated carbocycles. The predicted molar refractivity (Wildman–Crippen MR) is 275 cm³/mol. The summed E-state index contributed by atoms with van der Waals surface area (Å²) in [6.45, 7) is 13.5. The van der Waals surface area contributed by atoms with E-state index in [2.05, 4.69) is 74.2 Å². The fourth-order valence-corrected chi connectivity index (χ4v) is 13.6. The molecular weight excluding hydrogens is 948 g/mol. The zero-order chi connectivity index (χ0) is 49.3. The highest BCUT2D eigenvalue weighted by Gasteiger charge is 2.64. The molecule has 3 aromatic carbocycles. The second-order valence-corrected chi connectivity index (χ2v) is 23.5. The van der Waals surface area contributed by atoms with Crippen LogP contribution in [0.2, 0.25) is 5.02 Å². The lowest BCUT2D eigenvalue weighted by atomic mass is 9.53. The maximum Gasteiger partial charge on any atom is 0.274 e. The van der Waals surface area contributed by atoms with E-state index in [4.69, 9.17) is 21.1 Å². The Morgan fingerprint density at radius 2 is 1.67 bits per heavy atom. The van der Waals surface area contributed by atoms with Gasteiger partial charge in [-0.1, -0.05) is 45.4 Å². The van der Waals surface area contributed by atoms with Crippen molar-refractivity contribution in [3.8, 4) is 34.4 Å². The van der Waals surface area contributed by atoms with Crippen LogP contribution in [0.4, 0.5) is 17.3 Å². The average molecular weight is 1000 g/mol. The first-order valence-corrected chi connectivity index (χ1v) is 26.1. The Morgan fingerprint density at radius 1 is 0.943 bits per heavy atom. The topological polar surface area (TPSA) is 182 Å². The number of halogens is 1. The number of fused-ring (bicyclic) bond motifs is 1. The molecule has 0 radical (unpaired) electrons. The zero-order valence-electron chi connectivity index (χ0n) is 39.8. The number of carbonyl (C=O) groups is 1. The van der Waals surface area contributed by atoms with Gasteiger partial charge in [0.25, 0.3) is 11.5 Å². The summed E-state index contributed by atoms with van der Waals surface area (Å²) in [5.41, 5.74) is 3.48. The van der Waals surface area contributed by atoms with Gasteiger partial charge in [0.1, 0.15) is 34.9 Å². The van der Waals surface area contributed by atoms with E-state index in [1.54, 1.807) is 69.2 Å². The van der Waals surface area contributed by atoms with E-state index in [-0.39, 0.29) is 38.9 Å². The van der Waals surface area contributed by atoms with Crippen molar-refractivity contribution in [3.05, 3.63) is 118 Å². The number of nitriles is 1. The summed E-state index contributed by atoms with van der Waals surface area (Å²) in [7, 11) is -0.219. The number of anilines is 3. The largest absolute Gasteiger partial charge is 0.489 e. The number of H-pyrrole nitrogens is 1. The van der Waals surface area contributed by atoms with Gasteiger partial charge >= 0.3 is 0 Å². The molecule has 2 aliphatic carbocycles. The van der Waals surface area contributed by atoms with Gasteiger partial charge in [-0.15, -0.1) is 0 Å². The number of carbonyl (C=O) groups excluding carboxylic acids is 1. The Balaban J connectivity index is 0.732. The number of piperazine rings is 1. The first-order valence-electron chi connectivity index (χ1n) is 23.4. The number of sulfonamides is 1. The number of rotatable bonds is 14. The Bertz CT molecular complexity index is 3190. The molecule has 2 N–H and O–H groups in total. The van der Waals surface area contributed by atoms with E-state index in [9.17, 15) is 23.3 Å². The van der Waals surface area contributed by atoms with Crippen molar-refractivity contribution in [1.29, 1.82) is 5.26 Å². The van der Waals surface area contributed by atoms with E-state index in [0.717, 1.165) is 50.5 Å². The van der Waals surface area contributed by atoms with Crippen LogP contribution in [0, 0.1) is 22.2 Å². The van der Waals surface area contributed by atoms with E-state index in [0.29, 0.717) is 80.4 Å². The van der Waals surface area contributed by atoms with Crippen molar-refractivity contribution in [2.75, 3.05) is 60.4 Å². The van der Waals surface area contributed by atoms with Crippen LogP contribution in [0.25, 0.3) is 22.0 Å². The average Bonchev–Trinajstić information content (AvgIpc) is 4.09. The number of amides is 1. The van der Waals surface area contributed by atoms with Gasteiger partial charge in [0.15, 0.2) is 0 Å². The molecule has 3 aromatic heterocycles. The van der Waals surface area contributed by atoms with E-state index < -0.39 is 10.0 Å². The van der Waals surface area contributed by atoms with Crippen molar-refractivity contribution < 1.29 is 22.7 Å². The van der Waals surface area contributed by atoms with Crippen molar-refractivity contribution >= 4 is 67.7 Å². The SMILES string of the molecule is CN(c1ccc(Oc2cccc(N3CC(N4CCN(c5ncc(C(=O)NSC6C(C)(C)C(Oc7ccc(C#N)c(Cl)c7)C6(C)C)cn5)CC4)C3)c2)c(-c2cn(C)c(=O)c3[nH]ccc23)c1)S(=O)(=O)C1CC1. The number of nitrogens with one attached hydrogen (secondary N) is 2. The lowest BCUT2D eigenvalue weighted by Crippen LogP contribution is -2.68. The van der Waals surface area contributed by atoms with Gasteiger partial charge in [-0.2, -0.15) is 5.26 Å². The molecule has 0 unspecified atom stereocenters. The van der Waals surface area contributed by atoms with E-state index in [1.807, 2.05) is 30.3 Å². The van der Waals surface area contributed by atoms with Gasteiger partial charge < -0.3 is 28.8 Å². The third-order valence-corrected chi connectivity index (χ3v) is 18.8. The Hall–Kier alpha value is -6.26. The van der Waals surface area contributed by atoms with Crippen molar-refractivity contribution in [1.82, 2.24) is 29.1 Å². The van der Waals surface area contributed by atoms with Crippen molar-refractivity contribution in [3.63, 3.8) is 0 Å². The van der Waals surface area contributed by atoms with Gasteiger partial charge in [0, 0.05) is 135 Å². The molecular formula is C51H55ClN10O6S2. The molecule has 0 bridgehead atoms. The molecule has 10 rings (SSSR count). The lowest BCUT2D eigenvalue weighted by molar-refractivity contribution is -0.124. The van der Waals surface area contributed by atoms with Gasteiger partial charge in [-0.3, -0.25) is 23.5 Å². The number of ether oxygens (including phenoxy) is 2. The molecule has 6 aromatic rings. The minimum Gasteiger partial charge on any atom is -0.489 e. The van der Waals surface area contributed by atoms with Gasteiger partial charge in [0.2, 0.25) is 16.0 Å². The monoisotopic (exact) mass is 1000 g/mol. The number of nitrogens with zero attached hydrogens (tertiary/aromatic N) is 8. The quantitative estimate of drug-likeness (QED) is 0.101. The molecule has 70 heavy (non-hydrogen) atoms. The number of aromatic amines is 1. The summed E-state index contributed by atoms with van der Waals surface area (Å²) in [5, 5.41) is 9.99. The summed E-state index contributed by atoms with van der Waals surface area (Å²) in [5.74, 6) is 2.12. The van der Waals surface area contributed by atoms with Crippen LogP contribution in [0.15, 0.2) is 96.3 Å². The molecule has 2 saturated heterocycles. The fraction of sp³-hybridized carbons (Fsp3) is 0.392. The molecule has 0 atom stereocenters. The highest BCUT2D eigenvalue weighted by atomic mass is 35.5. The molecule has 4 aliphatic rings. The fourth-order valence-electron chi connectivity index (χ4n) is 10.6. The first-order chi connectivity index (χ1) is 33.4. The number of benzene rings is 3. The van der Waals surface area contributed by atoms with Gasteiger partial charge in [-0.25, -0.2) is 18.4 Å². The second kappa shape index (κ2) is 18.2. The summed E-state index contributed by atoms with van der Waals surface area (Å²) >= 11 is 7.66. The molecule has 4 fully saturated rings. The van der Waals surface area contributed by atoms with Crippen LogP contribution in [0.5, 0.6) is 17.2 Å². The Kier molecular flexibility index (Phi) is 12.3. The van der Waals surface area contributed by atoms with Crippen LogP contribution in [0.1, 0.15) is 56.5 Å². The van der Waals surface area contributed by atoms with Crippen LogP contribution >= 0.6 is 23.5 Å². The normalized spacial score (nSPS) is 20.0. The van der Waals surface area contributed by atoms with Crippen molar-refractivity contribution in [2.24, 2.45) is 17.9 Å². The second-order valence-electron chi connectivity index (χ2n) is 19.9. The van der Waals surface area contributed by atoms with Crippen LogP contribution in [0.3, 0.4) is 0 Å². The first kappa shape index (κ1) is 47.4. The number of aryl methyl sites for hydroxylation is 1. The maximum atomic E-state index is 13.3. The minimum absolute atomic E-state index is 0.0530. The molecule has 1 amide bonds. The Morgan fingerprint density at radius 3 is 2.36 bits per heavy atom. The molecule has 364 valence electrons. The summed E-state index contributed by atoms with van der Waals surface area (Å²) in [6.07, 6.45) is 7.84. The minimum atomic E-state index is -3.51. The molecule has 2 aliphatic heterocycles. The standard InChI is InChI=1S/C51H55ClN10O6S2/c1-50(2)47(68-37-12-10-31(25-53)42(52)24-37)51(3,4)48(50)69-57-45(63)32-26-55-49(56-27-32)61-20-18-60(19-21-61)35-28-62(29-35)34-8-7-9-36(22-34)67-43-15-11-33(59(6)70(65,66)38-13-14-38)23-40(43)41-30-58(5)46(64)44-39(41)16-17-54-44/h7-12,15-17,22-24,26-27,30,35,38,47-48,54H,13-14,18-21,28-29H2,1-6H3,(H,57,63). The number of aromatic nitrogens is 4. The maximum absolute atomic E-state index is 13.3. The number of hydrogen-bond acceptors (Lipinski definition) is 13. The number of pyridine rings is 1.